The normalized spacial score (nSPS) is 26.8. The van der Waals surface area contributed by atoms with Crippen molar-refractivity contribution in [1.82, 2.24) is 9.97 Å². The summed E-state index contributed by atoms with van der Waals surface area (Å²) in [5.74, 6) is 1.45. The summed E-state index contributed by atoms with van der Waals surface area (Å²) in [5.41, 5.74) is 8.70. The van der Waals surface area contributed by atoms with E-state index in [2.05, 4.69) is 18.8 Å². The molecular weight excluding hydrogens is 238 g/mol. The molecule has 3 rings (SSSR count). The van der Waals surface area contributed by atoms with E-state index < -0.39 is 0 Å². The molecule has 0 aromatic carbocycles. The highest BCUT2D eigenvalue weighted by Gasteiger charge is 2.36. The lowest BCUT2D eigenvalue weighted by Crippen LogP contribution is -2.31. The minimum atomic E-state index is 0.0616. The Labute approximate surface area is 114 Å². The molecule has 1 aromatic heterocycles. The zero-order valence-corrected chi connectivity index (χ0v) is 12.0. The summed E-state index contributed by atoms with van der Waals surface area (Å²) >= 11 is 0. The molecule has 104 valence electrons. The molecule has 0 spiro atoms. The number of rotatable bonds is 3. The molecule has 0 radical (unpaired) electrons. The summed E-state index contributed by atoms with van der Waals surface area (Å²) in [6, 6.07) is 0.0646. The van der Waals surface area contributed by atoms with Crippen molar-refractivity contribution in [3.05, 3.63) is 23.3 Å². The minimum absolute atomic E-state index is 0.0616. The molecule has 2 unspecified atom stereocenters. The molecule has 2 aliphatic carbocycles. The van der Waals surface area contributed by atoms with Crippen molar-refractivity contribution in [3.8, 4) is 0 Å². The highest BCUT2D eigenvalue weighted by atomic mass is 16.5. The highest BCUT2D eigenvalue weighted by molar-refractivity contribution is 5.26. The van der Waals surface area contributed by atoms with E-state index in [-0.39, 0.29) is 17.6 Å². The van der Waals surface area contributed by atoms with Crippen molar-refractivity contribution in [3.63, 3.8) is 0 Å². The highest BCUT2D eigenvalue weighted by Crippen LogP contribution is 2.43. The third-order valence-corrected chi connectivity index (χ3v) is 4.30. The largest absolute Gasteiger partial charge is 0.373 e. The fourth-order valence-corrected chi connectivity index (χ4v) is 3.17. The second-order valence-electron chi connectivity index (χ2n) is 6.78. The molecule has 0 aliphatic heterocycles. The summed E-state index contributed by atoms with van der Waals surface area (Å²) < 4.78 is 5.57. The molecule has 1 fully saturated rings. The molecule has 0 saturated heterocycles. The Morgan fingerprint density at radius 3 is 2.79 bits per heavy atom. The fraction of sp³-hybridized carbons (Fsp3) is 0.733. The van der Waals surface area contributed by atoms with Crippen molar-refractivity contribution in [2.75, 3.05) is 7.11 Å². The Kier molecular flexibility index (Phi) is 3.10. The van der Waals surface area contributed by atoms with E-state index in [0.29, 0.717) is 5.92 Å². The molecule has 2 atom stereocenters. The van der Waals surface area contributed by atoms with Gasteiger partial charge in [-0.25, -0.2) is 9.97 Å². The number of fused-ring (bicyclic) bond motifs is 1. The maximum absolute atomic E-state index is 6.24. The lowest BCUT2D eigenvalue weighted by atomic mass is 9.74. The standard InChI is InChI=1S/C15H23N3O/c1-15(2)6-11(16)10-8-17-14(18-12(10)7-15)13(19-3)9-4-5-9/h8-9,11,13H,4-7,16H2,1-3H3. The Morgan fingerprint density at radius 2 is 2.16 bits per heavy atom. The Morgan fingerprint density at radius 1 is 1.42 bits per heavy atom. The zero-order valence-electron chi connectivity index (χ0n) is 12.0. The monoisotopic (exact) mass is 261 g/mol. The number of hydrogen-bond acceptors (Lipinski definition) is 4. The molecule has 2 N–H and O–H groups in total. The second-order valence-corrected chi connectivity index (χ2v) is 6.78. The van der Waals surface area contributed by atoms with Crippen LogP contribution >= 0.6 is 0 Å². The van der Waals surface area contributed by atoms with Gasteiger partial charge < -0.3 is 10.5 Å². The molecular formula is C15H23N3O. The number of ether oxygens (including phenoxy) is 1. The molecule has 1 aromatic rings. The molecule has 4 nitrogen and oxygen atoms in total. The van der Waals surface area contributed by atoms with E-state index in [1.54, 1.807) is 7.11 Å². The Balaban J connectivity index is 1.94. The van der Waals surface area contributed by atoms with E-state index in [1.165, 1.54) is 12.8 Å². The zero-order chi connectivity index (χ0) is 13.6. The predicted molar refractivity (Wildman–Crippen MR) is 73.5 cm³/mol. The van der Waals surface area contributed by atoms with Crippen LogP contribution in [0.15, 0.2) is 6.20 Å². The van der Waals surface area contributed by atoms with Gasteiger partial charge in [0.2, 0.25) is 0 Å². The molecule has 2 aliphatic rings. The van der Waals surface area contributed by atoms with Crippen LogP contribution in [0.4, 0.5) is 0 Å². The lowest BCUT2D eigenvalue weighted by molar-refractivity contribution is 0.0766. The molecule has 4 heteroatoms. The number of methoxy groups -OCH3 is 1. The first-order valence-electron chi connectivity index (χ1n) is 7.14. The SMILES string of the molecule is COC(c1ncc2c(n1)CC(C)(C)CC2N)C1CC1. The van der Waals surface area contributed by atoms with Gasteiger partial charge in [-0.1, -0.05) is 13.8 Å². The van der Waals surface area contributed by atoms with Crippen LogP contribution in [0.3, 0.4) is 0 Å². The molecule has 0 amide bonds. The molecule has 19 heavy (non-hydrogen) atoms. The van der Waals surface area contributed by atoms with Crippen molar-refractivity contribution < 1.29 is 4.74 Å². The van der Waals surface area contributed by atoms with E-state index in [0.717, 1.165) is 29.9 Å². The van der Waals surface area contributed by atoms with Gasteiger partial charge in [0, 0.05) is 30.6 Å². The second kappa shape index (κ2) is 4.53. The van der Waals surface area contributed by atoms with Crippen molar-refractivity contribution >= 4 is 0 Å². The third kappa shape index (κ3) is 2.51. The first-order valence-corrected chi connectivity index (χ1v) is 7.14. The van der Waals surface area contributed by atoms with Crippen molar-refractivity contribution in [1.29, 1.82) is 0 Å². The van der Waals surface area contributed by atoms with Gasteiger partial charge in [-0.3, -0.25) is 0 Å². The Bertz CT molecular complexity index is 482. The predicted octanol–water partition coefficient (Wildman–Crippen LogP) is 2.55. The smallest absolute Gasteiger partial charge is 0.157 e. The van der Waals surface area contributed by atoms with Gasteiger partial charge in [-0.2, -0.15) is 0 Å². The Hall–Kier alpha value is -1.00. The average molecular weight is 261 g/mol. The van der Waals surface area contributed by atoms with E-state index in [9.17, 15) is 0 Å². The first-order chi connectivity index (χ1) is 9.00. The van der Waals surface area contributed by atoms with Crippen LogP contribution in [-0.2, 0) is 11.2 Å². The van der Waals surface area contributed by atoms with Gasteiger partial charge in [0.25, 0.3) is 0 Å². The number of hydrogen-bond donors (Lipinski definition) is 1. The van der Waals surface area contributed by atoms with Crippen LogP contribution in [0.5, 0.6) is 0 Å². The number of nitrogens with two attached hydrogens (primary N) is 1. The van der Waals surface area contributed by atoms with Gasteiger partial charge >= 0.3 is 0 Å². The summed E-state index contributed by atoms with van der Waals surface area (Å²) in [6.45, 7) is 4.51. The van der Waals surface area contributed by atoms with Gasteiger partial charge in [-0.05, 0) is 37.0 Å². The van der Waals surface area contributed by atoms with Crippen molar-refractivity contribution in [2.24, 2.45) is 17.1 Å². The maximum Gasteiger partial charge on any atom is 0.157 e. The summed E-state index contributed by atoms with van der Waals surface area (Å²) in [6.07, 6.45) is 6.41. The van der Waals surface area contributed by atoms with Crippen LogP contribution in [0, 0.1) is 11.3 Å². The van der Waals surface area contributed by atoms with E-state index in [4.69, 9.17) is 15.5 Å². The topological polar surface area (TPSA) is 61.0 Å². The third-order valence-electron chi connectivity index (χ3n) is 4.30. The van der Waals surface area contributed by atoms with Crippen LogP contribution in [-0.4, -0.2) is 17.1 Å². The minimum Gasteiger partial charge on any atom is -0.373 e. The summed E-state index contributed by atoms with van der Waals surface area (Å²) in [7, 11) is 1.75. The van der Waals surface area contributed by atoms with Crippen LogP contribution in [0.25, 0.3) is 0 Å². The molecule has 1 saturated carbocycles. The van der Waals surface area contributed by atoms with Gasteiger partial charge in [0.15, 0.2) is 5.82 Å². The van der Waals surface area contributed by atoms with Crippen LogP contribution in [0.2, 0.25) is 0 Å². The van der Waals surface area contributed by atoms with Crippen molar-refractivity contribution in [2.45, 2.75) is 51.7 Å². The number of aromatic nitrogens is 2. The quantitative estimate of drug-likeness (QED) is 0.908. The maximum atomic E-state index is 6.24. The van der Waals surface area contributed by atoms with Gasteiger partial charge in [0.1, 0.15) is 6.10 Å². The van der Waals surface area contributed by atoms with E-state index in [1.807, 2.05) is 6.20 Å². The molecule has 1 heterocycles. The van der Waals surface area contributed by atoms with Crippen LogP contribution < -0.4 is 5.73 Å². The first kappa shape index (κ1) is 13.0. The van der Waals surface area contributed by atoms with Gasteiger partial charge in [-0.15, -0.1) is 0 Å². The van der Waals surface area contributed by atoms with Gasteiger partial charge in [0.05, 0.1) is 0 Å². The summed E-state index contributed by atoms with van der Waals surface area (Å²) in [5, 5.41) is 0. The van der Waals surface area contributed by atoms with Crippen LogP contribution in [0.1, 0.15) is 62.3 Å². The summed E-state index contributed by atoms with van der Waals surface area (Å²) in [4.78, 5) is 9.28. The molecule has 0 bridgehead atoms. The lowest BCUT2D eigenvalue weighted by Gasteiger charge is -2.34. The number of nitrogens with zero attached hydrogens (tertiary/aromatic N) is 2. The van der Waals surface area contributed by atoms with E-state index >= 15 is 0 Å². The average Bonchev–Trinajstić information content (AvgIpc) is 3.12. The fourth-order valence-electron chi connectivity index (χ4n) is 3.17.